The van der Waals surface area contributed by atoms with Crippen LogP contribution >= 0.6 is 0 Å². The van der Waals surface area contributed by atoms with E-state index in [0.29, 0.717) is 17.7 Å². The van der Waals surface area contributed by atoms with Gasteiger partial charge in [-0.25, -0.2) is 0 Å². The highest BCUT2D eigenvalue weighted by atomic mass is 19.4. The smallest absolute Gasteiger partial charge is 0.416 e. The minimum Gasteiger partial charge on any atom is -0.490 e. The third-order valence-corrected chi connectivity index (χ3v) is 2.54. The van der Waals surface area contributed by atoms with Crippen LogP contribution in [0.2, 0.25) is 0 Å². The molecule has 2 rings (SSSR count). The first-order chi connectivity index (χ1) is 6.97. The highest BCUT2D eigenvalue weighted by Gasteiger charge is 2.31. The van der Waals surface area contributed by atoms with Crippen LogP contribution in [-0.4, -0.2) is 6.10 Å². The van der Waals surface area contributed by atoms with Crippen LogP contribution in [0.3, 0.4) is 0 Å². The van der Waals surface area contributed by atoms with Crippen LogP contribution in [0, 0.1) is 0 Å². The van der Waals surface area contributed by atoms with Gasteiger partial charge in [-0.1, -0.05) is 0 Å². The fourth-order valence-electron chi connectivity index (χ4n) is 1.70. The van der Waals surface area contributed by atoms with Crippen LogP contribution < -0.4 is 4.74 Å². The molecule has 0 N–H and O–H groups in total. The number of rotatable bonds is 0. The highest BCUT2D eigenvalue weighted by molar-refractivity contribution is 5.39. The minimum absolute atomic E-state index is 0.0919. The summed E-state index contributed by atoms with van der Waals surface area (Å²) in [4.78, 5) is 0. The number of fused-ring (bicyclic) bond motifs is 1. The summed E-state index contributed by atoms with van der Waals surface area (Å²) in [5.41, 5.74) is 0.0577. The number of ether oxygens (including phenoxy) is 1. The van der Waals surface area contributed by atoms with Gasteiger partial charge in [-0.2, -0.15) is 13.2 Å². The molecule has 0 aliphatic carbocycles. The monoisotopic (exact) mass is 216 g/mol. The normalized spacial score (nSPS) is 20.7. The minimum atomic E-state index is -4.27. The van der Waals surface area contributed by atoms with Crippen LogP contribution in [0.4, 0.5) is 13.2 Å². The molecule has 1 heterocycles. The average molecular weight is 216 g/mol. The molecule has 0 amide bonds. The van der Waals surface area contributed by atoms with Gasteiger partial charge in [0.05, 0.1) is 11.7 Å². The third-order valence-electron chi connectivity index (χ3n) is 2.54. The molecule has 1 atom stereocenters. The molecule has 0 aromatic heterocycles. The molecule has 1 aliphatic heterocycles. The van der Waals surface area contributed by atoms with Gasteiger partial charge in [0.2, 0.25) is 0 Å². The van der Waals surface area contributed by atoms with E-state index in [0.717, 1.165) is 12.5 Å². The van der Waals surface area contributed by atoms with Crippen molar-refractivity contribution in [2.75, 3.05) is 0 Å². The molecular formula is C11H11F3O. The summed E-state index contributed by atoms with van der Waals surface area (Å²) in [6.45, 7) is 1.92. The molecule has 0 fully saturated rings. The first-order valence-corrected chi connectivity index (χ1v) is 4.83. The second-order valence-electron chi connectivity index (χ2n) is 3.79. The first kappa shape index (κ1) is 10.3. The lowest BCUT2D eigenvalue weighted by Gasteiger charge is -2.23. The van der Waals surface area contributed by atoms with E-state index in [1.54, 1.807) is 0 Å². The molecule has 0 radical (unpaired) electrons. The quantitative estimate of drug-likeness (QED) is 0.645. The highest BCUT2D eigenvalue weighted by Crippen LogP contribution is 2.35. The fourth-order valence-corrected chi connectivity index (χ4v) is 1.70. The predicted molar refractivity (Wildman–Crippen MR) is 49.9 cm³/mol. The van der Waals surface area contributed by atoms with E-state index in [1.165, 1.54) is 12.1 Å². The fraction of sp³-hybridized carbons (Fsp3) is 0.455. The summed E-state index contributed by atoms with van der Waals surface area (Å²) < 4.78 is 42.6. The van der Waals surface area contributed by atoms with Crippen molar-refractivity contribution < 1.29 is 17.9 Å². The summed E-state index contributed by atoms with van der Waals surface area (Å²) in [6.07, 6.45) is -2.75. The zero-order valence-electron chi connectivity index (χ0n) is 8.27. The Labute approximate surface area is 85.9 Å². The number of hydrogen-bond donors (Lipinski definition) is 0. The van der Waals surface area contributed by atoms with Gasteiger partial charge in [0.1, 0.15) is 5.75 Å². The largest absolute Gasteiger partial charge is 0.490 e. The number of halogens is 3. The van der Waals surface area contributed by atoms with E-state index in [9.17, 15) is 13.2 Å². The van der Waals surface area contributed by atoms with Gasteiger partial charge in [-0.05, 0) is 43.5 Å². The van der Waals surface area contributed by atoms with Crippen molar-refractivity contribution in [1.82, 2.24) is 0 Å². The molecule has 0 saturated carbocycles. The van der Waals surface area contributed by atoms with Crippen LogP contribution in [0.5, 0.6) is 5.75 Å². The molecule has 1 aromatic carbocycles. The first-order valence-electron chi connectivity index (χ1n) is 4.83. The van der Waals surface area contributed by atoms with Crippen LogP contribution in [-0.2, 0) is 12.6 Å². The Morgan fingerprint density at radius 1 is 1.33 bits per heavy atom. The number of aryl methyl sites for hydroxylation is 1. The van der Waals surface area contributed by atoms with Crippen molar-refractivity contribution in [3.63, 3.8) is 0 Å². The molecule has 1 aromatic rings. The van der Waals surface area contributed by atoms with Gasteiger partial charge in [-0.15, -0.1) is 0 Å². The van der Waals surface area contributed by atoms with Crippen molar-refractivity contribution in [3.05, 3.63) is 29.3 Å². The van der Waals surface area contributed by atoms with E-state index in [1.807, 2.05) is 6.92 Å². The molecule has 15 heavy (non-hydrogen) atoms. The van der Waals surface area contributed by atoms with Crippen LogP contribution in [0.15, 0.2) is 18.2 Å². The number of alkyl halides is 3. The maximum absolute atomic E-state index is 12.4. The van der Waals surface area contributed by atoms with Gasteiger partial charge in [0, 0.05) is 0 Å². The Morgan fingerprint density at radius 3 is 2.73 bits per heavy atom. The second-order valence-corrected chi connectivity index (χ2v) is 3.79. The topological polar surface area (TPSA) is 9.23 Å². The van der Waals surface area contributed by atoms with Crippen molar-refractivity contribution in [2.24, 2.45) is 0 Å². The summed E-state index contributed by atoms with van der Waals surface area (Å²) in [5.74, 6) is 0.585. The van der Waals surface area contributed by atoms with Crippen molar-refractivity contribution in [3.8, 4) is 5.75 Å². The van der Waals surface area contributed by atoms with Gasteiger partial charge in [0.15, 0.2) is 0 Å². The molecule has 4 heteroatoms. The Morgan fingerprint density at radius 2 is 2.07 bits per heavy atom. The molecule has 1 aliphatic rings. The van der Waals surface area contributed by atoms with E-state index in [4.69, 9.17) is 4.74 Å². The van der Waals surface area contributed by atoms with Crippen LogP contribution in [0.25, 0.3) is 0 Å². The maximum Gasteiger partial charge on any atom is 0.416 e. The van der Waals surface area contributed by atoms with E-state index >= 15 is 0 Å². The lowest BCUT2D eigenvalue weighted by atomic mass is 10.0. The Balaban J connectivity index is 2.35. The maximum atomic E-state index is 12.4. The number of benzene rings is 1. The van der Waals surface area contributed by atoms with Gasteiger partial charge < -0.3 is 4.74 Å². The average Bonchev–Trinajstić information content (AvgIpc) is 2.15. The summed E-state index contributed by atoms with van der Waals surface area (Å²) in [7, 11) is 0. The van der Waals surface area contributed by atoms with E-state index in [2.05, 4.69) is 0 Å². The van der Waals surface area contributed by atoms with E-state index < -0.39 is 11.7 Å². The second kappa shape index (κ2) is 3.43. The lowest BCUT2D eigenvalue weighted by molar-refractivity contribution is -0.137. The standard InChI is InChI=1S/C11H11F3O/c1-7-2-3-8-6-9(11(12,13)14)4-5-10(8)15-7/h4-7H,2-3H2,1H3. The summed E-state index contributed by atoms with van der Waals surface area (Å²) in [5, 5.41) is 0. The van der Waals surface area contributed by atoms with Crippen LogP contribution in [0.1, 0.15) is 24.5 Å². The number of hydrogen-bond acceptors (Lipinski definition) is 1. The molecule has 1 nitrogen and oxygen atoms in total. The summed E-state index contributed by atoms with van der Waals surface area (Å²) >= 11 is 0. The third kappa shape index (κ3) is 2.08. The van der Waals surface area contributed by atoms with Gasteiger partial charge in [0.25, 0.3) is 0 Å². The predicted octanol–water partition coefficient (Wildman–Crippen LogP) is 3.42. The Bertz CT molecular complexity index is 371. The lowest BCUT2D eigenvalue weighted by Crippen LogP contribution is -2.19. The molecule has 0 saturated heterocycles. The Hall–Kier alpha value is -1.19. The van der Waals surface area contributed by atoms with E-state index in [-0.39, 0.29) is 6.10 Å². The van der Waals surface area contributed by atoms with Gasteiger partial charge >= 0.3 is 6.18 Å². The molecular weight excluding hydrogens is 205 g/mol. The van der Waals surface area contributed by atoms with Crippen molar-refractivity contribution in [2.45, 2.75) is 32.0 Å². The molecule has 1 unspecified atom stereocenters. The zero-order chi connectivity index (χ0) is 11.1. The van der Waals surface area contributed by atoms with Gasteiger partial charge in [-0.3, -0.25) is 0 Å². The Kier molecular flexibility index (Phi) is 2.37. The SMILES string of the molecule is CC1CCc2cc(C(F)(F)F)ccc2O1. The summed E-state index contributed by atoms with van der Waals surface area (Å²) in [6, 6.07) is 3.66. The zero-order valence-corrected chi connectivity index (χ0v) is 8.27. The molecule has 0 spiro atoms. The van der Waals surface area contributed by atoms with Crippen molar-refractivity contribution >= 4 is 0 Å². The molecule has 82 valence electrons. The van der Waals surface area contributed by atoms with Crippen molar-refractivity contribution in [1.29, 1.82) is 0 Å². The molecule has 0 bridgehead atoms.